The fraction of sp³-hybridized carbons (Fsp3) is 0.833. The van der Waals surface area contributed by atoms with E-state index in [1.54, 1.807) is 19.0 Å². The summed E-state index contributed by atoms with van der Waals surface area (Å²) in [5.41, 5.74) is 0. The van der Waals surface area contributed by atoms with Crippen LogP contribution in [0.3, 0.4) is 0 Å². The zero-order valence-corrected chi connectivity index (χ0v) is 11.1. The lowest BCUT2D eigenvalue weighted by Crippen LogP contribution is -2.40. The molecule has 0 spiro atoms. The highest BCUT2D eigenvalue weighted by Crippen LogP contribution is 2.04. The Morgan fingerprint density at radius 2 is 1.69 bits per heavy atom. The van der Waals surface area contributed by atoms with Crippen molar-refractivity contribution in [1.82, 2.24) is 9.80 Å². The Kier molecular flexibility index (Phi) is 6.97. The number of carbonyl (C=O) groups is 2. The highest BCUT2D eigenvalue weighted by Gasteiger charge is 2.17. The van der Waals surface area contributed by atoms with Gasteiger partial charge >= 0.3 is 0 Å². The van der Waals surface area contributed by atoms with Crippen molar-refractivity contribution in [2.75, 3.05) is 33.7 Å². The third kappa shape index (κ3) is 5.26. The van der Waals surface area contributed by atoms with Gasteiger partial charge in [0.2, 0.25) is 5.91 Å². The molecule has 0 aromatic heterocycles. The number of ketones is 1. The topological polar surface area (TPSA) is 40.6 Å². The van der Waals surface area contributed by atoms with Crippen LogP contribution in [-0.2, 0) is 9.59 Å². The Labute approximate surface area is 98.6 Å². The summed E-state index contributed by atoms with van der Waals surface area (Å²) in [6, 6.07) is 0. The second kappa shape index (κ2) is 7.39. The summed E-state index contributed by atoms with van der Waals surface area (Å²) in [5, 5.41) is 0. The van der Waals surface area contributed by atoms with Crippen molar-refractivity contribution < 1.29 is 9.59 Å². The Morgan fingerprint density at radius 1 is 1.12 bits per heavy atom. The molecule has 0 radical (unpaired) electrons. The molecule has 1 amide bonds. The average molecular weight is 228 g/mol. The molecule has 0 aromatic rings. The lowest BCUT2D eigenvalue weighted by molar-refractivity contribution is -0.131. The molecule has 94 valence electrons. The molecule has 1 unspecified atom stereocenters. The molecule has 4 nitrogen and oxygen atoms in total. The number of likely N-dealkylation sites (N-methyl/N-ethyl adjacent to an activating group) is 2. The van der Waals surface area contributed by atoms with Gasteiger partial charge in [-0.15, -0.1) is 0 Å². The molecule has 0 bridgehead atoms. The number of Topliss-reactive ketones (excluding diaryl/α,β-unsaturated/α-hetero) is 1. The van der Waals surface area contributed by atoms with Crippen molar-refractivity contribution in [3.05, 3.63) is 0 Å². The number of carbonyl (C=O) groups excluding carboxylic acids is 2. The van der Waals surface area contributed by atoms with Crippen LogP contribution in [0.4, 0.5) is 0 Å². The van der Waals surface area contributed by atoms with E-state index in [4.69, 9.17) is 0 Å². The third-order valence-corrected chi connectivity index (χ3v) is 2.85. The van der Waals surface area contributed by atoms with E-state index in [1.165, 1.54) is 0 Å². The maximum absolute atomic E-state index is 11.7. The van der Waals surface area contributed by atoms with Gasteiger partial charge in [0.25, 0.3) is 0 Å². The molecule has 0 aromatic carbocycles. The van der Waals surface area contributed by atoms with Crippen LogP contribution in [0.1, 0.15) is 27.2 Å². The van der Waals surface area contributed by atoms with Gasteiger partial charge in [-0.05, 0) is 13.0 Å². The molecule has 4 heteroatoms. The van der Waals surface area contributed by atoms with Crippen LogP contribution < -0.4 is 0 Å². The fourth-order valence-corrected chi connectivity index (χ4v) is 1.22. The lowest BCUT2D eigenvalue weighted by atomic mass is 10.0. The molecule has 0 fully saturated rings. The van der Waals surface area contributed by atoms with Gasteiger partial charge in [0, 0.05) is 20.0 Å². The van der Waals surface area contributed by atoms with Crippen molar-refractivity contribution >= 4 is 11.7 Å². The normalized spacial score (nSPS) is 12.6. The number of nitrogens with zero attached hydrogens (tertiary/aromatic N) is 2. The predicted molar refractivity (Wildman–Crippen MR) is 65.3 cm³/mol. The number of amides is 1. The Hall–Kier alpha value is -0.900. The second-order valence-corrected chi connectivity index (χ2v) is 4.37. The Morgan fingerprint density at radius 3 is 2.06 bits per heavy atom. The first-order valence-electron chi connectivity index (χ1n) is 5.87. The van der Waals surface area contributed by atoms with E-state index in [9.17, 15) is 9.59 Å². The number of rotatable bonds is 7. The molecule has 1 atom stereocenters. The van der Waals surface area contributed by atoms with Crippen LogP contribution in [0, 0.1) is 5.92 Å². The fourth-order valence-electron chi connectivity index (χ4n) is 1.22. The largest absolute Gasteiger partial charge is 0.348 e. The molecular weight excluding hydrogens is 204 g/mol. The SMILES string of the molecule is CCC(C)C(=O)CN(CC)CC(=O)N(C)C. The van der Waals surface area contributed by atoms with E-state index in [0.717, 1.165) is 13.0 Å². The molecule has 0 rings (SSSR count). The quantitative estimate of drug-likeness (QED) is 0.653. The van der Waals surface area contributed by atoms with Crippen molar-refractivity contribution in [1.29, 1.82) is 0 Å². The van der Waals surface area contributed by atoms with Crippen molar-refractivity contribution in [3.8, 4) is 0 Å². The van der Waals surface area contributed by atoms with Gasteiger partial charge in [-0.2, -0.15) is 0 Å². The van der Waals surface area contributed by atoms with Gasteiger partial charge in [0.15, 0.2) is 0 Å². The van der Waals surface area contributed by atoms with E-state index < -0.39 is 0 Å². The van der Waals surface area contributed by atoms with Gasteiger partial charge in [-0.1, -0.05) is 20.8 Å². The van der Waals surface area contributed by atoms with Crippen molar-refractivity contribution in [2.24, 2.45) is 5.92 Å². The standard InChI is InChI=1S/C12H24N2O2/c1-6-10(3)11(15)8-14(7-2)9-12(16)13(4)5/h10H,6-9H2,1-5H3. The third-order valence-electron chi connectivity index (χ3n) is 2.85. The maximum atomic E-state index is 11.7. The van der Waals surface area contributed by atoms with Gasteiger partial charge in [0.1, 0.15) is 5.78 Å². The second-order valence-electron chi connectivity index (χ2n) is 4.37. The summed E-state index contributed by atoms with van der Waals surface area (Å²) in [6.07, 6.45) is 0.859. The molecule has 16 heavy (non-hydrogen) atoms. The number of hydrogen-bond donors (Lipinski definition) is 0. The predicted octanol–water partition coefficient (Wildman–Crippen LogP) is 1.01. The van der Waals surface area contributed by atoms with Crippen LogP contribution in [0.2, 0.25) is 0 Å². The van der Waals surface area contributed by atoms with Gasteiger partial charge in [-0.25, -0.2) is 0 Å². The summed E-state index contributed by atoms with van der Waals surface area (Å²) in [6.45, 7) is 7.33. The minimum absolute atomic E-state index is 0.0406. The highest BCUT2D eigenvalue weighted by atomic mass is 16.2. The minimum Gasteiger partial charge on any atom is -0.348 e. The van der Waals surface area contributed by atoms with E-state index in [2.05, 4.69) is 0 Å². The highest BCUT2D eigenvalue weighted by molar-refractivity contribution is 5.83. The summed E-state index contributed by atoms with van der Waals surface area (Å²) < 4.78 is 0. The first-order chi connectivity index (χ1) is 7.42. The summed E-state index contributed by atoms with van der Waals surface area (Å²) in [5.74, 6) is 0.346. The maximum Gasteiger partial charge on any atom is 0.236 e. The molecule has 0 aliphatic heterocycles. The average Bonchev–Trinajstić information content (AvgIpc) is 2.26. The smallest absolute Gasteiger partial charge is 0.236 e. The van der Waals surface area contributed by atoms with Crippen molar-refractivity contribution in [3.63, 3.8) is 0 Å². The first-order valence-corrected chi connectivity index (χ1v) is 5.87. The van der Waals surface area contributed by atoms with Crippen molar-refractivity contribution in [2.45, 2.75) is 27.2 Å². The minimum atomic E-state index is 0.0406. The van der Waals surface area contributed by atoms with E-state index >= 15 is 0 Å². The van der Waals surface area contributed by atoms with E-state index in [-0.39, 0.29) is 17.6 Å². The van der Waals surface area contributed by atoms with Crippen LogP contribution in [0.25, 0.3) is 0 Å². The van der Waals surface area contributed by atoms with Crippen LogP contribution in [0.5, 0.6) is 0 Å². The van der Waals surface area contributed by atoms with Crippen LogP contribution in [-0.4, -0.2) is 55.2 Å². The molecule has 0 aliphatic rings. The molecular formula is C12H24N2O2. The van der Waals surface area contributed by atoms with Crippen LogP contribution >= 0.6 is 0 Å². The summed E-state index contributed by atoms with van der Waals surface area (Å²) >= 11 is 0. The first kappa shape index (κ1) is 15.1. The number of hydrogen-bond acceptors (Lipinski definition) is 3. The molecule has 0 aliphatic carbocycles. The van der Waals surface area contributed by atoms with Gasteiger partial charge < -0.3 is 4.90 Å². The van der Waals surface area contributed by atoms with Crippen LogP contribution in [0.15, 0.2) is 0 Å². The van der Waals surface area contributed by atoms with E-state index in [0.29, 0.717) is 13.1 Å². The summed E-state index contributed by atoms with van der Waals surface area (Å²) in [4.78, 5) is 26.7. The molecule has 0 saturated carbocycles. The van der Waals surface area contributed by atoms with E-state index in [1.807, 2.05) is 25.7 Å². The summed E-state index contributed by atoms with van der Waals surface area (Å²) in [7, 11) is 3.46. The molecule has 0 N–H and O–H groups in total. The monoisotopic (exact) mass is 228 g/mol. The van der Waals surface area contributed by atoms with Gasteiger partial charge in [-0.3, -0.25) is 14.5 Å². The lowest BCUT2D eigenvalue weighted by Gasteiger charge is -2.22. The zero-order valence-electron chi connectivity index (χ0n) is 11.1. The zero-order chi connectivity index (χ0) is 12.7. The Balaban J connectivity index is 4.20. The molecule has 0 heterocycles. The van der Waals surface area contributed by atoms with Gasteiger partial charge in [0.05, 0.1) is 13.1 Å². The molecule has 0 saturated heterocycles. The Bertz CT molecular complexity index is 239.